The van der Waals surface area contributed by atoms with Gasteiger partial charge in [-0.1, -0.05) is 48.5 Å². The van der Waals surface area contributed by atoms with Crippen LogP contribution in [0.15, 0.2) is 60.8 Å². The molecule has 0 spiro atoms. The molecular formula is C19H21N3O. The summed E-state index contributed by atoms with van der Waals surface area (Å²) in [6.45, 7) is 0.602. The fourth-order valence-corrected chi connectivity index (χ4v) is 2.74. The van der Waals surface area contributed by atoms with Gasteiger partial charge in [0.1, 0.15) is 0 Å². The zero-order valence-corrected chi connectivity index (χ0v) is 13.0. The fourth-order valence-electron chi connectivity index (χ4n) is 2.74. The Morgan fingerprint density at radius 3 is 2.65 bits per heavy atom. The fraction of sp³-hybridized carbons (Fsp3) is 0.211. The lowest BCUT2D eigenvalue weighted by atomic mass is 10.0. The number of fused-ring (bicyclic) bond motifs is 1. The minimum absolute atomic E-state index is 0.105. The monoisotopic (exact) mass is 307 g/mol. The van der Waals surface area contributed by atoms with Gasteiger partial charge in [0.15, 0.2) is 0 Å². The molecule has 0 aliphatic rings. The molecule has 1 heterocycles. The Hall–Kier alpha value is -2.59. The second kappa shape index (κ2) is 7.11. The molecule has 23 heavy (non-hydrogen) atoms. The van der Waals surface area contributed by atoms with Gasteiger partial charge < -0.3 is 16.0 Å². The van der Waals surface area contributed by atoms with Gasteiger partial charge in [0, 0.05) is 23.6 Å². The topological polar surface area (TPSA) is 70.9 Å². The van der Waals surface area contributed by atoms with Crippen molar-refractivity contribution in [2.75, 3.05) is 6.54 Å². The van der Waals surface area contributed by atoms with E-state index in [4.69, 9.17) is 5.73 Å². The number of amides is 1. The largest absolute Gasteiger partial charge is 0.361 e. The van der Waals surface area contributed by atoms with Gasteiger partial charge in [0.05, 0.1) is 6.04 Å². The average molecular weight is 307 g/mol. The van der Waals surface area contributed by atoms with Gasteiger partial charge in [0.2, 0.25) is 5.91 Å². The first-order valence-electron chi connectivity index (χ1n) is 7.86. The van der Waals surface area contributed by atoms with Gasteiger partial charge in [-0.3, -0.25) is 4.79 Å². The van der Waals surface area contributed by atoms with E-state index in [1.165, 1.54) is 5.56 Å². The number of hydrogen-bond acceptors (Lipinski definition) is 2. The third-order valence-corrected chi connectivity index (χ3v) is 4.01. The highest BCUT2D eigenvalue weighted by atomic mass is 16.2. The van der Waals surface area contributed by atoms with E-state index in [9.17, 15) is 4.79 Å². The summed E-state index contributed by atoms with van der Waals surface area (Å²) >= 11 is 0. The minimum atomic E-state index is -0.537. The number of hydrogen-bond donors (Lipinski definition) is 3. The molecule has 0 fully saturated rings. The van der Waals surface area contributed by atoms with Crippen LogP contribution >= 0.6 is 0 Å². The van der Waals surface area contributed by atoms with Crippen LogP contribution in [0.1, 0.15) is 11.1 Å². The molecule has 2 aromatic carbocycles. The van der Waals surface area contributed by atoms with Gasteiger partial charge in [-0.25, -0.2) is 0 Å². The van der Waals surface area contributed by atoms with Crippen molar-refractivity contribution in [3.63, 3.8) is 0 Å². The standard InChI is InChI=1S/C19H21N3O/c20-17(12-15-13-22-18-9-5-4-8-16(15)18)19(23)21-11-10-14-6-2-1-3-7-14/h1-9,13,17,22H,10-12,20H2,(H,21,23). The number of nitrogens with two attached hydrogens (primary N) is 1. The molecule has 4 heteroatoms. The van der Waals surface area contributed by atoms with E-state index in [1.54, 1.807) is 0 Å². The summed E-state index contributed by atoms with van der Waals surface area (Å²) in [7, 11) is 0. The number of carbonyl (C=O) groups excluding carboxylic acids is 1. The van der Waals surface area contributed by atoms with Crippen LogP contribution in [0.5, 0.6) is 0 Å². The van der Waals surface area contributed by atoms with E-state index in [-0.39, 0.29) is 5.91 Å². The summed E-state index contributed by atoms with van der Waals surface area (Å²) < 4.78 is 0. The summed E-state index contributed by atoms with van der Waals surface area (Å²) in [5.41, 5.74) is 9.40. The third-order valence-electron chi connectivity index (χ3n) is 4.01. The van der Waals surface area contributed by atoms with Gasteiger partial charge in [-0.15, -0.1) is 0 Å². The number of H-pyrrole nitrogens is 1. The smallest absolute Gasteiger partial charge is 0.237 e. The molecule has 0 radical (unpaired) electrons. The number of rotatable bonds is 6. The first-order chi connectivity index (χ1) is 11.2. The molecule has 1 amide bonds. The van der Waals surface area contributed by atoms with Crippen LogP contribution in [-0.2, 0) is 17.6 Å². The SMILES string of the molecule is NC(Cc1c[nH]c2ccccc12)C(=O)NCCc1ccccc1. The molecule has 1 aromatic heterocycles. The predicted molar refractivity (Wildman–Crippen MR) is 93.1 cm³/mol. The highest BCUT2D eigenvalue weighted by Crippen LogP contribution is 2.18. The zero-order valence-electron chi connectivity index (χ0n) is 13.0. The maximum absolute atomic E-state index is 12.1. The van der Waals surface area contributed by atoms with E-state index >= 15 is 0 Å². The summed E-state index contributed by atoms with van der Waals surface area (Å²) in [5, 5.41) is 4.04. The van der Waals surface area contributed by atoms with Crippen LogP contribution in [0, 0.1) is 0 Å². The first-order valence-corrected chi connectivity index (χ1v) is 7.86. The first kappa shape index (κ1) is 15.3. The van der Waals surface area contributed by atoms with Gasteiger partial charge in [-0.05, 0) is 30.0 Å². The number of aromatic amines is 1. The predicted octanol–water partition coefficient (Wildman–Crippen LogP) is 2.40. The molecule has 0 saturated carbocycles. The van der Waals surface area contributed by atoms with Crippen molar-refractivity contribution in [2.24, 2.45) is 5.73 Å². The van der Waals surface area contributed by atoms with Crippen LogP contribution in [0.4, 0.5) is 0 Å². The molecule has 0 bridgehead atoms. The summed E-state index contributed by atoms with van der Waals surface area (Å²) in [6.07, 6.45) is 3.27. The number of para-hydroxylation sites is 1. The Labute approximate surface area is 135 Å². The quantitative estimate of drug-likeness (QED) is 0.654. The number of benzene rings is 2. The van der Waals surface area contributed by atoms with Crippen LogP contribution in [0.2, 0.25) is 0 Å². The molecule has 1 unspecified atom stereocenters. The van der Waals surface area contributed by atoms with Crippen molar-refractivity contribution in [1.29, 1.82) is 0 Å². The van der Waals surface area contributed by atoms with Gasteiger partial charge >= 0.3 is 0 Å². The molecule has 118 valence electrons. The Morgan fingerprint density at radius 1 is 1.09 bits per heavy atom. The summed E-state index contributed by atoms with van der Waals surface area (Å²) in [5.74, 6) is -0.105. The Balaban J connectivity index is 1.53. The lowest BCUT2D eigenvalue weighted by Crippen LogP contribution is -2.42. The second-order valence-corrected chi connectivity index (χ2v) is 5.70. The molecule has 0 aliphatic carbocycles. The molecule has 4 nitrogen and oxygen atoms in total. The summed E-state index contributed by atoms with van der Waals surface area (Å²) in [6, 6.07) is 17.6. The van der Waals surface area contributed by atoms with Crippen molar-refractivity contribution in [1.82, 2.24) is 10.3 Å². The number of carbonyl (C=O) groups is 1. The molecular weight excluding hydrogens is 286 g/mol. The van der Waals surface area contributed by atoms with Crippen molar-refractivity contribution < 1.29 is 4.79 Å². The van der Waals surface area contributed by atoms with E-state index in [0.29, 0.717) is 13.0 Å². The highest BCUT2D eigenvalue weighted by molar-refractivity contribution is 5.86. The highest BCUT2D eigenvalue weighted by Gasteiger charge is 2.15. The van der Waals surface area contributed by atoms with Crippen LogP contribution in [0.25, 0.3) is 10.9 Å². The average Bonchev–Trinajstić information content (AvgIpc) is 2.99. The van der Waals surface area contributed by atoms with E-state index in [1.807, 2.05) is 48.7 Å². The Morgan fingerprint density at radius 2 is 1.83 bits per heavy atom. The molecule has 3 rings (SSSR count). The van der Waals surface area contributed by atoms with Crippen molar-refractivity contribution >= 4 is 16.8 Å². The maximum atomic E-state index is 12.1. The molecule has 0 aliphatic heterocycles. The normalized spacial score (nSPS) is 12.2. The van der Waals surface area contributed by atoms with E-state index in [0.717, 1.165) is 22.9 Å². The lowest BCUT2D eigenvalue weighted by molar-refractivity contribution is -0.122. The van der Waals surface area contributed by atoms with E-state index < -0.39 is 6.04 Å². The van der Waals surface area contributed by atoms with Crippen LogP contribution in [-0.4, -0.2) is 23.5 Å². The van der Waals surface area contributed by atoms with Gasteiger partial charge in [-0.2, -0.15) is 0 Å². The lowest BCUT2D eigenvalue weighted by Gasteiger charge is -2.12. The van der Waals surface area contributed by atoms with Gasteiger partial charge in [0.25, 0.3) is 0 Å². The van der Waals surface area contributed by atoms with Crippen molar-refractivity contribution in [3.05, 3.63) is 71.9 Å². The molecule has 3 aromatic rings. The Bertz CT molecular complexity index is 779. The van der Waals surface area contributed by atoms with Crippen molar-refractivity contribution in [3.8, 4) is 0 Å². The second-order valence-electron chi connectivity index (χ2n) is 5.70. The molecule has 0 saturated heterocycles. The third kappa shape index (κ3) is 3.79. The number of aromatic nitrogens is 1. The van der Waals surface area contributed by atoms with Crippen molar-refractivity contribution in [2.45, 2.75) is 18.9 Å². The molecule has 4 N–H and O–H groups in total. The molecule has 1 atom stereocenters. The summed E-state index contributed by atoms with van der Waals surface area (Å²) in [4.78, 5) is 15.4. The number of nitrogens with one attached hydrogen (secondary N) is 2. The zero-order chi connectivity index (χ0) is 16.1. The van der Waals surface area contributed by atoms with Crippen LogP contribution in [0.3, 0.4) is 0 Å². The van der Waals surface area contributed by atoms with Crippen LogP contribution < -0.4 is 11.1 Å². The minimum Gasteiger partial charge on any atom is -0.361 e. The Kier molecular flexibility index (Phi) is 4.74. The van der Waals surface area contributed by atoms with E-state index in [2.05, 4.69) is 22.4 Å². The maximum Gasteiger partial charge on any atom is 0.237 e.